The maximum Gasteiger partial charge on any atom is 0.0576 e. The minimum absolute atomic E-state index is 0.603. The zero-order valence-electron chi connectivity index (χ0n) is 9.51. The lowest BCUT2D eigenvalue weighted by molar-refractivity contribution is 0.620. The summed E-state index contributed by atoms with van der Waals surface area (Å²) < 4.78 is 1.04. The molecule has 0 spiro atoms. The maximum atomic E-state index is 5.99. The first kappa shape index (κ1) is 11.8. The Bertz CT molecular complexity index is 344. The molecule has 0 saturated heterocycles. The average molecular weight is 283 g/mol. The Labute approximate surface area is 106 Å². The number of benzene rings is 1. The first-order chi connectivity index (χ1) is 7.75. The molecule has 0 radical (unpaired) electrons. The van der Waals surface area contributed by atoms with E-state index >= 15 is 0 Å². The predicted molar refractivity (Wildman–Crippen MR) is 73.7 cm³/mol. The summed E-state index contributed by atoms with van der Waals surface area (Å²) in [4.78, 5) is 0. The van der Waals surface area contributed by atoms with Gasteiger partial charge in [-0.3, -0.25) is 0 Å². The monoisotopic (exact) mass is 282 g/mol. The van der Waals surface area contributed by atoms with Gasteiger partial charge in [-0.25, -0.2) is 0 Å². The normalized spacial score (nSPS) is 18.1. The number of nitrogens with one attached hydrogen (secondary N) is 1. The number of hydrogen-bond acceptors (Lipinski definition) is 2. The van der Waals surface area contributed by atoms with Gasteiger partial charge in [-0.1, -0.05) is 41.6 Å². The van der Waals surface area contributed by atoms with E-state index in [9.17, 15) is 0 Å². The van der Waals surface area contributed by atoms with E-state index in [2.05, 4.69) is 27.3 Å². The highest BCUT2D eigenvalue weighted by Crippen LogP contribution is 2.26. The molecule has 0 bridgehead atoms. The van der Waals surface area contributed by atoms with Crippen LogP contribution in [0.3, 0.4) is 0 Å². The Balaban J connectivity index is 2.01. The lowest BCUT2D eigenvalue weighted by Gasteiger charge is -2.19. The molecule has 0 atom stereocenters. The molecule has 2 nitrogen and oxygen atoms in total. The van der Waals surface area contributed by atoms with Crippen molar-refractivity contribution in [1.82, 2.24) is 0 Å². The molecular weight excluding hydrogens is 264 g/mol. The predicted octanol–water partition coefficient (Wildman–Crippen LogP) is 4.17. The molecule has 1 saturated carbocycles. The standard InChI is InChI=1S/C13H19BrN2/c14-10-7-8-13(12(15)9-10)16-11-5-3-1-2-4-6-11/h7-9,11,16H,1-6,15H2. The first-order valence-electron chi connectivity index (χ1n) is 6.07. The highest BCUT2D eigenvalue weighted by Gasteiger charge is 2.12. The minimum Gasteiger partial charge on any atom is -0.397 e. The van der Waals surface area contributed by atoms with E-state index in [4.69, 9.17) is 5.73 Å². The molecule has 1 aliphatic carbocycles. The van der Waals surface area contributed by atoms with Crippen molar-refractivity contribution >= 4 is 27.3 Å². The molecule has 3 N–H and O–H groups in total. The molecule has 3 heteroatoms. The van der Waals surface area contributed by atoms with Crippen LogP contribution in [0.25, 0.3) is 0 Å². The fraction of sp³-hybridized carbons (Fsp3) is 0.538. The van der Waals surface area contributed by atoms with Gasteiger partial charge in [-0.15, -0.1) is 0 Å². The van der Waals surface area contributed by atoms with Crippen LogP contribution in [0.5, 0.6) is 0 Å². The minimum atomic E-state index is 0.603. The van der Waals surface area contributed by atoms with Crippen molar-refractivity contribution in [3.63, 3.8) is 0 Å². The number of anilines is 2. The lowest BCUT2D eigenvalue weighted by Crippen LogP contribution is -2.18. The van der Waals surface area contributed by atoms with Crippen molar-refractivity contribution in [1.29, 1.82) is 0 Å². The van der Waals surface area contributed by atoms with Gasteiger partial charge in [0.05, 0.1) is 11.4 Å². The van der Waals surface area contributed by atoms with Gasteiger partial charge in [0.15, 0.2) is 0 Å². The van der Waals surface area contributed by atoms with Gasteiger partial charge in [0, 0.05) is 10.5 Å². The fourth-order valence-corrected chi connectivity index (χ4v) is 2.69. The Hall–Kier alpha value is -0.700. The summed E-state index contributed by atoms with van der Waals surface area (Å²) in [6, 6.07) is 6.66. The van der Waals surface area contributed by atoms with Gasteiger partial charge in [-0.2, -0.15) is 0 Å². The molecule has 88 valence electrons. The highest BCUT2D eigenvalue weighted by atomic mass is 79.9. The van der Waals surface area contributed by atoms with Crippen molar-refractivity contribution in [3.8, 4) is 0 Å². The van der Waals surface area contributed by atoms with E-state index in [0.717, 1.165) is 15.8 Å². The molecule has 2 rings (SSSR count). The quantitative estimate of drug-likeness (QED) is 0.631. The van der Waals surface area contributed by atoms with Gasteiger partial charge in [0.1, 0.15) is 0 Å². The van der Waals surface area contributed by atoms with Crippen LogP contribution in [-0.2, 0) is 0 Å². The summed E-state index contributed by atoms with van der Waals surface area (Å²) in [5, 5.41) is 3.57. The number of nitrogens with two attached hydrogens (primary N) is 1. The van der Waals surface area contributed by atoms with Crippen molar-refractivity contribution < 1.29 is 0 Å². The van der Waals surface area contributed by atoms with Crippen molar-refractivity contribution in [3.05, 3.63) is 22.7 Å². The van der Waals surface area contributed by atoms with Crippen LogP contribution < -0.4 is 11.1 Å². The number of nitrogen functional groups attached to an aromatic ring is 1. The Morgan fingerprint density at radius 1 is 1.12 bits per heavy atom. The van der Waals surface area contributed by atoms with Crippen LogP contribution in [-0.4, -0.2) is 6.04 Å². The number of halogens is 1. The Morgan fingerprint density at radius 3 is 2.44 bits per heavy atom. The van der Waals surface area contributed by atoms with Crippen LogP contribution in [0.4, 0.5) is 11.4 Å². The largest absolute Gasteiger partial charge is 0.397 e. The first-order valence-corrected chi connectivity index (χ1v) is 6.86. The summed E-state index contributed by atoms with van der Waals surface area (Å²) in [5.74, 6) is 0. The van der Waals surface area contributed by atoms with Crippen LogP contribution in [0, 0.1) is 0 Å². The Morgan fingerprint density at radius 2 is 1.81 bits per heavy atom. The topological polar surface area (TPSA) is 38.0 Å². The van der Waals surface area contributed by atoms with Gasteiger partial charge in [0.2, 0.25) is 0 Å². The molecule has 16 heavy (non-hydrogen) atoms. The van der Waals surface area contributed by atoms with E-state index in [1.165, 1.54) is 38.5 Å². The fourth-order valence-electron chi connectivity index (χ4n) is 2.31. The van der Waals surface area contributed by atoms with E-state index < -0.39 is 0 Å². The second-order valence-corrected chi connectivity index (χ2v) is 5.48. The molecule has 0 heterocycles. The third-order valence-corrected chi connectivity index (χ3v) is 3.72. The van der Waals surface area contributed by atoms with Crippen molar-refractivity contribution in [2.24, 2.45) is 0 Å². The van der Waals surface area contributed by atoms with Crippen LogP contribution in [0.2, 0.25) is 0 Å². The highest BCUT2D eigenvalue weighted by molar-refractivity contribution is 9.10. The zero-order valence-corrected chi connectivity index (χ0v) is 11.1. The molecule has 0 amide bonds. The molecule has 0 aromatic heterocycles. The second-order valence-electron chi connectivity index (χ2n) is 4.56. The maximum absolute atomic E-state index is 5.99. The lowest BCUT2D eigenvalue weighted by atomic mass is 10.1. The van der Waals surface area contributed by atoms with Crippen LogP contribution >= 0.6 is 15.9 Å². The van der Waals surface area contributed by atoms with Crippen molar-refractivity contribution in [2.45, 2.75) is 44.6 Å². The smallest absolute Gasteiger partial charge is 0.0576 e. The van der Waals surface area contributed by atoms with Gasteiger partial charge in [-0.05, 0) is 31.0 Å². The van der Waals surface area contributed by atoms with Crippen LogP contribution in [0.1, 0.15) is 38.5 Å². The zero-order chi connectivity index (χ0) is 11.4. The van der Waals surface area contributed by atoms with Gasteiger partial charge < -0.3 is 11.1 Å². The number of rotatable bonds is 2. The molecule has 1 aromatic rings. The summed E-state index contributed by atoms with van der Waals surface area (Å²) in [6.07, 6.45) is 8.00. The molecule has 1 aromatic carbocycles. The van der Waals surface area contributed by atoms with E-state index in [-0.39, 0.29) is 0 Å². The molecular formula is C13H19BrN2. The second kappa shape index (κ2) is 5.58. The summed E-state index contributed by atoms with van der Waals surface area (Å²) >= 11 is 3.43. The molecule has 0 unspecified atom stereocenters. The van der Waals surface area contributed by atoms with Gasteiger partial charge in [0.25, 0.3) is 0 Å². The Kier molecular flexibility index (Phi) is 4.10. The van der Waals surface area contributed by atoms with E-state index in [1.54, 1.807) is 0 Å². The molecule has 1 aliphatic rings. The van der Waals surface area contributed by atoms with E-state index in [1.807, 2.05) is 12.1 Å². The summed E-state index contributed by atoms with van der Waals surface area (Å²) in [5.41, 5.74) is 7.90. The molecule has 1 fully saturated rings. The molecule has 0 aliphatic heterocycles. The van der Waals surface area contributed by atoms with Gasteiger partial charge >= 0.3 is 0 Å². The third kappa shape index (κ3) is 3.14. The van der Waals surface area contributed by atoms with Crippen LogP contribution in [0.15, 0.2) is 22.7 Å². The third-order valence-electron chi connectivity index (χ3n) is 3.23. The SMILES string of the molecule is Nc1cc(Br)ccc1NC1CCCCCC1. The van der Waals surface area contributed by atoms with E-state index in [0.29, 0.717) is 6.04 Å². The summed E-state index contributed by atoms with van der Waals surface area (Å²) in [6.45, 7) is 0. The number of hydrogen-bond donors (Lipinski definition) is 2. The summed E-state index contributed by atoms with van der Waals surface area (Å²) in [7, 11) is 0. The van der Waals surface area contributed by atoms with Crippen molar-refractivity contribution in [2.75, 3.05) is 11.1 Å². The average Bonchev–Trinajstić information content (AvgIpc) is 2.51.